The lowest BCUT2D eigenvalue weighted by Gasteiger charge is -2.27. The van der Waals surface area contributed by atoms with Gasteiger partial charge in [-0.3, -0.25) is 4.57 Å². The molecule has 4 rings (SSSR count). The van der Waals surface area contributed by atoms with E-state index >= 15 is 0 Å². The maximum atomic E-state index is 13.2. The molecule has 30 heavy (non-hydrogen) atoms. The maximum absolute atomic E-state index is 13.2. The van der Waals surface area contributed by atoms with Gasteiger partial charge in [0.05, 0.1) is 29.5 Å². The highest BCUT2D eigenvalue weighted by Gasteiger charge is 2.35. The normalized spacial score (nSPS) is 21.9. The van der Waals surface area contributed by atoms with Crippen molar-refractivity contribution < 1.29 is 23.5 Å². The number of fused-ring (bicyclic) bond motifs is 1. The van der Waals surface area contributed by atoms with Crippen LogP contribution in [0.3, 0.4) is 0 Å². The van der Waals surface area contributed by atoms with E-state index in [0.717, 1.165) is 11.0 Å². The van der Waals surface area contributed by atoms with Gasteiger partial charge in [-0.25, -0.2) is 4.98 Å². The van der Waals surface area contributed by atoms with Gasteiger partial charge in [-0.1, -0.05) is 25.4 Å². The van der Waals surface area contributed by atoms with Crippen molar-refractivity contribution in [3.8, 4) is 11.6 Å². The number of aliphatic hydroxyl groups excluding tert-OH is 1. The van der Waals surface area contributed by atoms with Gasteiger partial charge in [-0.05, 0) is 55.9 Å². The molecule has 0 radical (unpaired) electrons. The van der Waals surface area contributed by atoms with Crippen LogP contribution in [0.5, 0.6) is 0 Å². The second-order valence-electron chi connectivity index (χ2n) is 8.26. The zero-order valence-corrected chi connectivity index (χ0v) is 18.6. The number of hydrogen-bond acceptors (Lipinski definition) is 5. The maximum Gasteiger partial charge on any atom is 0.363 e. The molecular formula is C21H26ClN2O5P. The Morgan fingerprint density at radius 3 is 2.73 bits per heavy atom. The first kappa shape index (κ1) is 21.6. The summed E-state index contributed by atoms with van der Waals surface area (Å²) in [6.45, 7) is 4.81. The van der Waals surface area contributed by atoms with E-state index in [0.29, 0.717) is 49.0 Å². The first-order valence-corrected chi connectivity index (χ1v) is 12.1. The molecule has 1 saturated carbocycles. The number of aromatic nitrogens is 2. The van der Waals surface area contributed by atoms with Crippen molar-refractivity contribution in [1.29, 1.82) is 0 Å². The molecule has 1 aliphatic carbocycles. The van der Waals surface area contributed by atoms with E-state index in [-0.39, 0.29) is 23.3 Å². The number of rotatable bonds is 6. The summed E-state index contributed by atoms with van der Waals surface area (Å²) in [5, 5.41) is 10.4. The molecule has 1 fully saturated rings. The Morgan fingerprint density at radius 2 is 2.03 bits per heavy atom. The van der Waals surface area contributed by atoms with Crippen molar-refractivity contribution in [3.63, 3.8) is 0 Å². The van der Waals surface area contributed by atoms with Crippen LogP contribution in [0.15, 0.2) is 34.9 Å². The van der Waals surface area contributed by atoms with Crippen LogP contribution in [-0.2, 0) is 15.6 Å². The summed E-state index contributed by atoms with van der Waals surface area (Å²) >= 11 is 6.20. The minimum Gasteiger partial charge on any atom is -0.460 e. The fourth-order valence-electron chi connectivity index (χ4n) is 3.92. The van der Waals surface area contributed by atoms with Crippen LogP contribution < -0.4 is 5.30 Å². The SMILES string of the molecule is CC(C)Cn1c(-c2occc2P(=O)(O)OC2CCC(O)CC2)nc2ccc(Cl)cc21. The third-order valence-corrected chi connectivity index (χ3v) is 7.13. The average molecular weight is 453 g/mol. The van der Waals surface area contributed by atoms with E-state index in [4.69, 9.17) is 20.5 Å². The van der Waals surface area contributed by atoms with Crippen LogP contribution in [0.25, 0.3) is 22.6 Å². The van der Waals surface area contributed by atoms with Crippen molar-refractivity contribution in [1.82, 2.24) is 9.55 Å². The van der Waals surface area contributed by atoms with Gasteiger partial charge in [0.2, 0.25) is 0 Å². The molecule has 162 valence electrons. The number of aliphatic hydroxyl groups is 1. The Bertz CT molecular complexity index is 1080. The molecule has 1 aliphatic rings. The van der Waals surface area contributed by atoms with Crippen molar-refractivity contribution in [3.05, 3.63) is 35.6 Å². The standard InChI is InChI=1S/C21H26ClN2O5P/c1-13(2)12-24-18-11-14(22)3-8-17(18)23-21(24)20-19(9-10-28-20)30(26,27)29-16-6-4-15(25)5-7-16/h3,8-11,13,15-16,25H,4-7,12H2,1-2H3,(H,26,27). The Balaban J connectivity index is 1.73. The lowest BCUT2D eigenvalue weighted by atomic mass is 9.95. The average Bonchev–Trinajstić information content (AvgIpc) is 3.29. The van der Waals surface area contributed by atoms with E-state index in [2.05, 4.69) is 18.8 Å². The Kier molecular flexibility index (Phi) is 6.11. The largest absolute Gasteiger partial charge is 0.460 e. The predicted octanol–water partition coefficient (Wildman–Crippen LogP) is 4.74. The lowest BCUT2D eigenvalue weighted by Crippen LogP contribution is -2.25. The zero-order chi connectivity index (χ0) is 21.5. The third kappa shape index (κ3) is 4.36. The summed E-state index contributed by atoms with van der Waals surface area (Å²) in [6, 6.07) is 6.89. The third-order valence-electron chi connectivity index (χ3n) is 5.35. The van der Waals surface area contributed by atoms with Crippen molar-refractivity contribution in [2.24, 2.45) is 5.92 Å². The molecule has 0 bridgehead atoms. The molecule has 1 unspecified atom stereocenters. The van der Waals surface area contributed by atoms with Crippen molar-refractivity contribution in [2.45, 2.75) is 58.3 Å². The van der Waals surface area contributed by atoms with E-state index in [1.807, 2.05) is 16.7 Å². The van der Waals surface area contributed by atoms with E-state index in [1.165, 1.54) is 12.3 Å². The fourth-order valence-corrected chi connectivity index (χ4v) is 5.47. The van der Waals surface area contributed by atoms with Crippen LogP contribution in [0.4, 0.5) is 0 Å². The molecule has 0 saturated heterocycles. The molecule has 0 spiro atoms. The molecule has 9 heteroatoms. The van der Waals surface area contributed by atoms with Crippen LogP contribution in [0, 0.1) is 5.92 Å². The lowest BCUT2D eigenvalue weighted by molar-refractivity contribution is 0.0622. The summed E-state index contributed by atoms with van der Waals surface area (Å²) in [5.74, 6) is 1.01. The van der Waals surface area contributed by atoms with Gasteiger partial charge in [-0.2, -0.15) is 0 Å². The van der Waals surface area contributed by atoms with Gasteiger partial charge in [0.15, 0.2) is 11.6 Å². The van der Waals surface area contributed by atoms with Gasteiger partial charge in [0.1, 0.15) is 5.30 Å². The predicted molar refractivity (Wildman–Crippen MR) is 116 cm³/mol. The second kappa shape index (κ2) is 8.48. The van der Waals surface area contributed by atoms with Gasteiger partial charge < -0.3 is 23.5 Å². The molecule has 1 aromatic carbocycles. The molecule has 2 N–H and O–H groups in total. The molecule has 0 aliphatic heterocycles. The highest BCUT2D eigenvalue weighted by molar-refractivity contribution is 7.61. The first-order valence-electron chi connectivity index (χ1n) is 10.2. The van der Waals surface area contributed by atoms with Crippen LogP contribution >= 0.6 is 19.2 Å². The number of furan rings is 1. The minimum absolute atomic E-state index is 0.0973. The Hall–Kier alpha value is -1.63. The highest BCUT2D eigenvalue weighted by Crippen LogP contribution is 2.47. The summed E-state index contributed by atoms with van der Waals surface area (Å²) in [5.41, 5.74) is 1.57. The summed E-state index contributed by atoms with van der Waals surface area (Å²) in [4.78, 5) is 15.4. The summed E-state index contributed by atoms with van der Waals surface area (Å²) < 4.78 is 26.4. The Morgan fingerprint density at radius 1 is 1.30 bits per heavy atom. The quantitative estimate of drug-likeness (QED) is 0.524. The molecule has 0 amide bonds. The van der Waals surface area contributed by atoms with E-state index in [9.17, 15) is 14.6 Å². The molecule has 2 aromatic heterocycles. The van der Waals surface area contributed by atoms with Crippen molar-refractivity contribution in [2.75, 3.05) is 0 Å². The van der Waals surface area contributed by atoms with Gasteiger partial charge in [-0.15, -0.1) is 0 Å². The van der Waals surface area contributed by atoms with Crippen molar-refractivity contribution >= 4 is 35.5 Å². The number of nitrogens with zero attached hydrogens (tertiary/aromatic N) is 2. The number of hydrogen-bond donors (Lipinski definition) is 2. The topological polar surface area (TPSA) is 97.7 Å². The molecule has 2 heterocycles. The Labute approximate surface area is 180 Å². The van der Waals surface area contributed by atoms with Crippen LogP contribution in [0.2, 0.25) is 5.02 Å². The van der Waals surface area contributed by atoms with Crippen LogP contribution in [0.1, 0.15) is 39.5 Å². The number of imidazole rings is 1. The highest BCUT2D eigenvalue weighted by atomic mass is 35.5. The monoisotopic (exact) mass is 452 g/mol. The molecule has 1 atom stereocenters. The second-order valence-corrected chi connectivity index (χ2v) is 10.4. The van der Waals surface area contributed by atoms with Gasteiger partial charge in [0, 0.05) is 11.6 Å². The van der Waals surface area contributed by atoms with Crippen LogP contribution in [-0.4, -0.2) is 31.8 Å². The van der Waals surface area contributed by atoms with E-state index in [1.54, 1.807) is 6.07 Å². The molecular weight excluding hydrogens is 427 g/mol. The molecule has 3 aromatic rings. The fraction of sp³-hybridized carbons (Fsp3) is 0.476. The minimum atomic E-state index is -4.15. The number of benzene rings is 1. The zero-order valence-electron chi connectivity index (χ0n) is 17.0. The molecule has 7 nitrogen and oxygen atoms in total. The smallest absolute Gasteiger partial charge is 0.363 e. The van der Waals surface area contributed by atoms with Gasteiger partial charge in [0.25, 0.3) is 0 Å². The van der Waals surface area contributed by atoms with Gasteiger partial charge >= 0.3 is 7.60 Å². The first-order chi connectivity index (χ1) is 14.2. The van der Waals surface area contributed by atoms with E-state index < -0.39 is 7.60 Å². The summed E-state index contributed by atoms with van der Waals surface area (Å²) in [6.07, 6.45) is 2.86. The number of halogens is 1. The summed E-state index contributed by atoms with van der Waals surface area (Å²) in [7, 11) is -4.15.